The van der Waals surface area contributed by atoms with Crippen LogP contribution in [0.4, 0.5) is 0 Å². The average Bonchev–Trinajstić information content (AvgIpc) is 3.66. The van der Waals surface area contributed by atoms with E-state index in [4.69, 9.17) is 37.9 Å². The lowest BCUT2D eigenvalue weighted by atomic mass is 9.46. The molecular weight excluding hydrogens is 784 g/mol. The van der Waals surface area contributed by atoms with Gasteiger partial charge in [0.1, 0.15) is 54.9 Å². The van der Waals surface area contributed by atoms with Crippen molar-refractivity contribution in [3.8, 4) is 0 Å². The number of aliphatic hydroxyl groups is 8. The fraction of sp³-hybridized carbons (Fsp3) is 0.909. The first-order valence-electron chi connectivity index (χ1n) is 22.4. The molecule has 0 aromatic heterocycles. The van der Waals surface area contributed by atoms with E-state index in [1.54, 1.807) is 6.92 Å². The van der Waals surface area contributed by atoms with E-state index in [1.165, 1.54) is 6.92 Å². The van der Waals surface area contributed by atoms with Gasteiger partial charge in [0.15, 0.2) is 24.7 Å². The number of fused-ring (bicyclic) bond motifs is 7. The summed E-state index contributed by atoms with van der Waals surface area (Å²) in [7, 11) is 0. The molecule has 16 nitrogen and oxygen atoms in total. The van der Waals surface area contributed by atoms with Crippen molar-refractivity contribution in [3.05, 3.63) is 23.8 Å². The first-order valence-corrected chi connectivity index (χ1v) is 22.4. The Morgan fingerprint density at radius 1 is 0.750 bits per heavy atom. The second-order valence-electron chi connectivity index (χ2n) is 20.3. The van der Waals surface area contributed by atoms with E-state index in [0.29, 0.717) is 30.8 Å². The van der Waals surface area contributed by atoms with Crippen LogP contribution in [-0.2, 0) is 37.9 Å². The molecule has 25 atom stereocenters. The number of hydrogen-bond acceptors (Lipinski definition) is 16. The predicted octanol–water partition coefficient (Wildman–Crippen LogP) is 0.772. The maximum Gasteiger partial charge on any atom is 0.187 e. The molecule has 0 aromatic carbocycles. The van der Waals surface area contributed by atoms with Crippen molar-refractivity contribution in [2.75, 3.05) is 13.2 Å². The third-order valence-electron chi connectivity index (χ3n) is 17.1. The second-order valence-corrected chi connectivity index (χ2v) is 20.3. The summed E-state index contributed by atoms with van der Waals surface area (Å²) in [6, 6.07) is 0. The molecule has 340 valence electrons. The lowest BCUT2D eigenvalue weighted by Gasteiger charge is -2.60. The number of ether oxygens (including phenoxy) is 8. The minimum Gasteiger partial charge on any atom is -0.393 e. The van der Waals surface area contributed by atoms with Crippen LogP contribution < -0.4 is 0 Å². The van der Waals surface area contributed by atoms with Crippen molar-refractivity contribution in [1.29, 1.82) is 0 Å². The van der Waals surface area contributed by atoms with Crippen molar-refractivity contribution in [3.63, 3.8) is 0 Å². The normalized spacial score (nSPS) is 58.0. The molecule has 0 aromatic rings. The summed E-state index contributed by atoms with van der Waals surface area (Å²) in [5, 5.41) is 86.8. The molecule has 9 rings (SSSR count). The summed E-state index contributed by atoms with van der Waals surface area (Å²) in [6.07, 6.45) is -12.5. The highest BCUT2D eigenvalue weighted by atomic mass is 16.8. The fourth-order valence-corrected chi connectivity index (χ4v) is 13.6. The molecular formula is C44H68O16. The third-order valence-corrected chi connectivity index (χ3v) is 17.1. The van der Waals surface area contributed by atoms with Crippen LogP contribution in [-0.4, -0.2) is 164 Å². The van der Waals surface area contributed by atoms with Gasteiger partial charge in [-0.3, -0.25) is 0 Å². The van der Waals surface area contributed by atoms with E-state index in [0.717, 1.165) is 49.7 Å². The van der Waals surface area contributed by atoms with Gasteiger partial charge in [-0.25, -0.2) is 0 Å². The van der Waals surface area contributed by atoms with Gasteiger partial charge in [-0.05, 0) is 81.5 Å². The molecule has 5 saturated heterocycles. The lowest BCUT2D eigenvalue weighted by molar-refractivity contribution is -0.391. The van der Waals surface area contributed by atoms with E-state index in [9.17, 15) is 40.9 Å². The Bertz CT molecular complexity index is 1620. The van der Waals surface area contributed by atoms with Crippen LogP contribution in [0.25, 0.3) is 0 Å². The molecule has 8 N–H and O–H groups in total. The highest BCUT2D eigenvalue weighted by Gasteiger charge is 2.69. The molecule has 8 fully saturated rings. The topological polar surface area (TPSA) is 236 Å². The van der Waals surface area contributed by atoms with Gasteiger partial charge in [0.25, 0.3) is 0 Å². The number of hydrogen-bond donors (Lipinski definition) is 8. The van der Waals surface area contributed by atoms with Crippen LogP contribution in [0.2, 0.25) is 0 Å². The minimum absolute atomic E-state index is 0.0475. The maximum absolute atomic E-state index is 11.6. The smallest absolute Gasteiger partial charge is 0.187 e. The Morgan fingerprint density at radius 2 is 1.45 bits per heavy atom. The van der Waals surface area contributed by atoms with E-state index >= 15 is 0 Å². The molecule has 0 radical (unpaired) electrons. The first-order chi connectivity index (χ1) is 28.4. The van der Waals surface area contributed by atoms with Crippen LogP contribution in [0.15, 0.2) is 23.8 Å². The van der Waals surface area contributed by atoms with Gasteiger partial charge in [0, 0.05) is 24.2 Å². The molecule has 3 unspecified atom stereocenters. The summed E-state index contributed by atoms with van der Waals surface area (Å²) in [4.78, 5) is 0. The van der Waals surface area contributed by atoms with E-state index in [2.05, 4.69) is 33.4 Å². The van der Waals surface area contributed by atoms with Gasteiger partial charge in [-0.15, -0.1) is 0 Å². The first kappa shape index (κ1) is 44.1. The van der Waals surface area contributed by atoms with Crippen molar-refractivity contribution < 1.29 is 78.7 Å². The van der Waals surface area contributed by atoms with Gasteiger partial charge in [0.2, 0.25) is 0 Å². The molecule has 16 heteroatoms. The molecule has 0 bridgehead atoms. The molecule has 3 saturated carbocycles. The van der Waals surface area contributed by atoms with Gasteiger partial charge in [-0.2, -0.15) is 0 Å². The summed E-state index contributed by atoms with van der Waals surface area (Å²) < 4.78 is 50.9. The zero-order chi connectivity index (χ0) is 42.8. The van der Waals surface area contributed by atoms with Crippen molar-refractivity contribution in [2.24, 2.45) is 40.4 Å². The molecule has 0 amide bonds. The predicted molar refractivity (Wildman–Crippen MR) is 208 cm³/mol. The number of allylic oxidation sites excluding steroid dienone is 1. The minimum atomic E-state index is -1.72. The Hall–Kier alpha value is -1.16. The van der Waals surface area contributed by atoms with E-state index in [1.807, 2.05) is 0 Å². The van der Waals surface area contributed by atoms with Crippen molar-refractivity contribution in [2.45, 2.75) is 196 Å². The summed E-state index contributed by atoms with van der Waals surface area (Å²) in [6.45, 7) is 14.5. The molecule has 60 heavy (non-hydrogen) atoms. The van der Waals surface area contributed by atoms with Gasteiger partial charge in [-0.1, -0.05) is 44.6 Å². The van der Waals surface area contributed by atoms with Gasteiger partial charge in [0.05, 0.1) is 43.7 Å². The zero-order valence-corrected chi connectivity index (χ0v) is 35.4. The van der Waals surface area contributed by atoms with Crippen LogP contribution in [0.3, 0.4) is 0 Å². The van der Waals surface area contributed by atoms with E-state index < -0.39 is 109 Å². The Kier molecular flexibility index (Phi) is 11.8. The van der Waals surface area contributed by atoms with Crippen LogP contribution in [0.5, 0.6) is 0 Å². The highest BCUT2D eigenvalue weighted by molar-refractivity contribution is 5.29. The Balaban J connectivity index is 1.01. The standard InChI is InChI=1S/C44H68O16/c1-18-9-12-44(54-16-18)19(2)30-28(60-44)15-26-24-8-7-22-13-23(45)14-29(43(22,6)25(24)10-11-42(26,30)5)57-41-38(59-40-36(52)34(50)31(47)20(3)55-40)37(32(48)21(4)56-41)58-39-35(51)33(49)27(46)17-53-39/h7,19-21,23-41,45-52H,1,8-17H2,2-6H3/t19?,20-,21+,23+,24+,25-,26-,27+,28?,29+,30?,31-,32-,33-,34+,35+,36+,37-,38+,39-,40-,41-,42-,43-,44+/m0/s1. The molecule has 5 heterocycles. The zero-order valence-electron chi connectivity index (χ0n) is 35.4. The average molecular weight is 853 g/mol. The van der Waals surface area contributed by atoms with E-state index in [-0.39, 0.29) is 36.4 Å². The summed E-state index contributed by atoms with van der Waals surface area (Å²) in [5.74, 6) is 0.962. The molecule has 9 aliphatic rings. The fourth-order valence-electron chi connectivity index (χ4n) is 13.6. The largest absolute Gasteiger partial charge is 0.393 e. The number of rotatable bonds is 6. The van der Waals surface area contributed by atoms with Crippen LogP contribution >= 0.6 is 0 Å². The highest BCUT2D eigenvalue weighted by Crippen LogP contribution is 2.71. The Morgan fingerprint density at radius 3 is 2.18 bits per heavy atom. The monoisotopic (exact) mass is 852 g/mol. The summed E-state index contributed by atoms with van der Waals surface area (Å²) in [5.41, 5.74) is 1.75. The van der Waals surface area contributed by atoms with Gasteiger partial charge >= 0.3 is 0 Å². The molecule has 1 spiro atoms. The quantitative estimate of drug-likeness (QED) is 0.172. The maximum atomic E-state index is 11.6. The van der Waals surface area contributed by atoms with Crippen LogP contribution in [0.1, 0.15) is 86.0 Å². The van der Waals surface area contributed by atoms with Gasteiger partial charge < -0.3 is 78.7 Å². The van der Waals surface area contributed by atoms with Crippen molar-refractivity contribution in [1.82, 2.24) is 0 Å². The second kappa shape index (κ2) is 16.1. The number of aliphatic hydroxyl groups excluding tert-OH is 8. The summed E-state index contributed by atoms with van der Waals surface area (Å²) >= 11 is 0. The Labute approximate surface area is 351 Å². The third kappa shape index (κ3) is 6.94. The molecule has 4 aliphatic carbocycles. The molecule has 5 aliphatic heterocycles. The van der Waals surface area contributed by atoms with Crippen LogP contribution in [0, 0.1) is 40.4 Å². The SMILES string of the molecule is C=C1CC[C@@]2(OC1)OC1C[C@H]3[C@@H]4CC=C5C[C@@H](O)C[C@@H](O[C@@H]6O[C@H](C)[C@H](O)[C@H](O[C@@H]7OC[C@@H](O)[C@H](O)[C@H]7O)[C@H]6O[C@@H]6O[C@@H](C)[C@H](O)[C@@H](O)[C@H]6O)[C@]5(C)[C@H]4CC[C@]3(C)C1C2C. The lowest BCUT2D eigenvalue weighted by Crippen LogP contribution is -2.66. The van der Waals surface area contributed by atoms with Crippen molar-refractivity contribution >= 4 is 0 Å².